The summed E-state index contributed by atoms with van der Waals surface area (Å²) in [6.45, 7) is 1.83. The summed E-state index contributed by atoms with van der Waals surface area (Å²) in [4.78, 5) is 11.9. The number of benzene rings is 1. The van der Waals surface area contributed by atoms with Crippen molar-refractivity contribution < 1.29 is 9.53 Å². The summed E-state index contributed by atoms with van der Waals surface area (Å²) in [5.74, 6) is 0.0515. The number of aryl methyl sites for hydroxylation is 1. The zero-order valence-electron chi connectivity index (χ0n) is 11.5. The zero-order valence-corrected chi connectivity index (χ0v) is 12.3. The summed E-state index contributed by atoms with van der Waals surface area (Å²) >= 11 is 0. The highest BCUT2D eigenvalue weighted by atomic mass is 35.5. The molecule has 1 unspecified atom stereocenters. The van der Waals surface area contributed by atoms with E-state index in [0.717, 1.165) is 44.5 Å². The van der Waals surface area contributed by atoms with E-state index in [4.69, 9.17) is 4.74 Å². The lowest BCUT2D eigenvalue weighted by atomic mass is 10.0. The Morgan fingerprint density at radius 2 is 2.30 bits per heavy atom. The van der Waals surface area contributed by atoms with Gasteiger partial charge in [0.25, 0.3) is 0 Å². The Kier molecular flexibility index (Phi) is 5.26. The van der Waals surface area contributed by atoms with Gasteiger partial charge in [-0.25, -0.2) is 0 Å². The molecule has 1 fully saturated rings. The van der Waals surface area contributed by atoms with Gasteiger partial charge in [-0.05, 0) is 49.4 Å². The average molecular weight is 297 g/mol. The standard InChI is InChI=1S/C15H20N2O2.ClH/c18-15(10-13-4-2-8-19-13)17-12-5-6-14-11(9-12)3-1-7-16-14;/h5-6,9,13,16H,1-4,7-8,10H2,(H,17,18);1H. The maximum Gasteiger partial charge on any atom is 0.226 e. The van der Waals surface area contributed by atoms with Crippen LogP contribution in [0.3, 0.4) is 0 Å². The Morgan fingerprint density at radius 1 is 1.40 bits per heavy atom. The molecular formula is C15H21ClN2O2. The van der Waals surface area contributed by atoms with Crippen LogP contribution in [0, 0.1) is 0 Å². The summed E-state index contributed by atoms with van der Waals surface area (Å²) in [7, 11) is 0. The molecule has 0 spiro atoms. The molecular weight excluding hydrogens is 276 g/mol. The predicted octanol–water partition coefficient (Wildman–Crippen LogP) is 2.97. The largest absolute Gasteiger partial charge is 0.385 e. The lowest BCUT2D eigenvalue weighted by molar-refractivity contribution is -0.118. The third-order valence-corrected chi connectivity index (χ3v) is 3.76. The van der Waals surface area contributed by atoms with Crippen molar-refractivity contribution in [3.63, 3.8) is 0 Å². The maximum absolute atomic E-state index is 11.9. The molecule has 110 valence electrons. The molecule has 0 saturated carbocycles. The van der Waals surface area contributed by atoms with E-state index in [1.54, 1.807) is 0 Å². The number of hydrogen-bond donors (Lipinski definition) is 2. The van der Waals surface area contributed by atoms with Gasteiger partial charge in [0, 0.05) is 24.5 Å². The SMILES string of the molecule is Cl.O=C(CC1CCCO1)Nc1ccc2c(c1)CCCN2. The Hall–Kier alpha value is -1.26. The van der Waals surface area contributed by atoms with Gasteiger partial charge in [-0.3, -0.25) is 4.79 Å². The molecule has 2 aliphatic rings. The first kappa shape index (κ1) is 15.1. The molecule has 1 saturated heterocycles. The molecule has 1 aromatic rings. The van der Waals surface area contributed by atoms with Gasteiger partial charge in [0.2, 0.25) is 5.91 Å². The fourth-order valence-corrected chi connectivity index (χ4v) is 2.78. The molecule has 3 rings (SSSR count). The fourth-order valence-electron chi connectivity index (χ4n) is 2.78. The normalized spacial score (nSPS) is 20.5. The molecule has 0 bridgehead atoms. The second kappa shape index (κ2) is 6.95. The van der Waals surface area contributed by atoms with Crippen molar-refractivity contribution in [2.45, 2.75) is 38.2 Å². The summed E-state index contributed by atoms with van der Waals surface area (Å²) < 4.78 is 5.48. The molecule has 0 aromatic heterocycles. The van der Waals surface area contributed by atoms with Crippen LogP contribution in [0.1, 0.15) is 31.2 Å². The van der Waals surface area contributed by atoms with Gasteiger partial charge in [0.1, 0.15) is 0 Å². The molecule has 0 aliphatic carbocycles. The van der Waals surface area contributed by atoms with E-state index in [0.29, 0.717) is 6.42 Å². The Balaban J connectivity index is 0.00000147. The van der Waals surface area contributed by atoms with Crippen LogP contribution in [-0.4, -0.2) is 25.2 Å². The molecule has 5 heteroatoms. The van der Waals surface area contributed by atoms with Crippen molar-refractivity contribution >= 4 is 29.7 Å². The number of hydrogen-bond acceptors (Lipinski definition) is 3. The number of nitrogens with one attached hydrogen (secondary N) is 2. The van der Waals surface area contributed by atoms with Crippen LogP contribution >= 0.6 is 12.4 Å². The highest BCUT2D eigenvalue weighted by Crippen LogP contribution is 2.25. The molecule has 2 N–H and O–H groups in total. The summed E-state index contributed by atoms with van der Waals surface area (Å²) in [5.41, 5.74) is 3.38. The number of carbonyl (C=O) groups excluding carboxylic acids is 1. The first-order valence-corrected chi connectivity index (χ1v) is 7.09. The van der Waals surface area contributed by atoms with Crippen molar-refractivity contribution in [2.75, 3.05) is 23.8 Å². The number of fused-ring (bicyclic) bond motifs is 1. The van der Waals surface area contributed by atoms with Gasteiger partial charge in [0.15, 0.2) is 0 Å². The van der Waals surface area contributed by atoms with Crippen molar-refractivity contribution in [3.05, 3.63) is 23.8 Å². The smallest absolute Gasteiger partial charge is 0.226 e. The predicted molar refractivity (Wildman–Crippen MR) is 82.7 cm³/mol. The zero-order chi connectivity index (χ0) is 13.1. The van der Waals surface area contributed by atoms with Crippen LogP contribution in [0.5, 0.6) is 0 Å². The van der Waals surface area contributed by atoms with Crippen LogP contribution in [0.2, 0.25) is 0 Å². The number of halogens is 1. The van der Waals surface area contributed by atoms with Crippen LogP contribution in [0.4, 0.5) is 11.4 Å². The second-order valence-corrected chi connectivity index (χ2v) is 5.29. The van der Waals surface area contributed by atoms with Crippen molar-refractivity contribution in [1.82, 2.24) is 0 Å². The first-order valence-electron chi connectivity index (χ1n) is 7.09. The van der Waals surface area contributed by atoms with Gasteiger partial charge in [0.05, 0.1) is 12.5 Å². The highest BCUT2D eigenvalue weighted by Gasteiger charge is 2.19. The van der Waals surface area contributed by atoms with Crippen LogP contribution in [0.15, 0.2) is 18.2 Å². The van der Waals surface area contributed by atoms with E-state index in [9.17, 15) is 4.79 Å². The van der Waals surface area contributed by atoms with E-state index in [2.05, 4.69) is 22.8 Å². The summed E-state index contributed by atoms with van der Waals surface area (Å²) in [6.07, 6.45) is 4.89. The number of amides is 1. The molecule has 4 nitrogen and oxygen atoms in total. The van der Waals surface area contributed by atoms with Gasteiger partial charge < -0.3 is 15.4 Å². The fraction of sp³-hybridized carbons (Fsp3) is 0.533. The molecule has 1 atom stereocenters. The number of ether oxygens (including phenoxy) is 1. The van der Waals surface area contributed by atoms with Crippen LogP contribution < -0.4 is 10.6 Å². The second-order valence-electron chi connectivity index (χ2n) is 5.29. The topological polar surface area (TPSA) is 50.4 Å². The monoisotopic (exact) mass is 296 g/mol. The quantitative estimate of drug-likeness (QED) is 0.901. The van der Waals surface area contributed by atoms with Crippen molar-refractivity contribution in [2.24, 2.45) is 0 Å². The van der Waals surface area contributed by atoms with E-state index in [1.165, 1.54) is 11.3 Å². The number of anilines is 2. The third-order valence-electron chi connectivity index (χ3n) is 3.76. The maximum atomic E-state index is 11.9. The van der Waals surface area contributed by atoms with E-state index >= 15 is 0 Å². The van der Waals surface area contributed by atoms with Crippen molar-refractivity contribution in [1.29, 1.82) is 0 Å². The number of rotatable bonds is 3. The highest BCUT2D eigenvalue weighted by molar-refractivity contribution is 5.91. The molecule has 1 amide bonds. The van der Waals surface area contributed by atoms with Gasteiger partial charge >= 0.3 is 0 Å². The molecule has 2 aliphatic heterocycles. The minimum absolute atomic E-state index is 0. The Morgan fingerprint density at radius 3 is 3.10 bits per heavy atom. The average Bonchev–Trinajstić information content (AvgIpc) is 2.91. The summed E-state index contributed by atoms with van der Waals surface area (Å²) in [5, 5.41) is 6.34. The molecule has 1 aromatic carbocycles. The first-order chi connectivity index (χ1) is 9.31. The van der Waals surface area contributed by atoms with Crippen LogP contribution in [0.25, 0.3) is 0 Å². The Labute approximate surface area is 125 Å². The lowest BCUT2D eigenvalue weighted by Crippen LogP contribution is -2.19. The van der Waals surface area contributed by atoms with E-state index in [-0.39, 0.29) is 24.4 Å². The minimum Gasteiger partial charge on any atom is -0.385 e. The number of carbonyl (C=O) groups is 1. The van der Waals surface area contributed by atoms with E-state index in [1.807, 2.05) is 6.07 Å². The van der Waals surface area contributed by atoms with Gasteiger partial charge in [-0.15, -0.1) is 12.4 Å². The van der Waals surface area contributed by atoms with Crippen LogP contribution in [-0.2, 0) is 16.0 Å². The molecule has 0 radical (unpaired) electrons. The third kappa shape index (κ3) is 3.64. The van der Waals surface area contributed by atoms with Gasteiger partial charge in [-0.1, -0.05) is 0 Å². The van der Waals surface area contributed by atoms with E-state index < -0.39 is 0 Å². The minimum atomic E-state index is 0. The lowest BCUT2D eigenvalue weighted by Gasteiger charge is -2.19. The summed E-state index contributed by atoms with van der Waals surface area (Å²) in [6, 6.07) is 6.09. The Bertz CT molecular complexity index is 473. The molecule has 2 heterocycles. The van der Waals surface area contributed by atoms with Gasteiger partial charge in [-0.2, -0.15) is 0 Å². The molecule has 20 heavy (non-hydrogen) atoms. The van der Waals surface area contributed by atoms with Crippen molar-refractivity contribution in [3.8, 4) is 0 Å².